The van der Waals surface area contributed by atoms with Crippen LogP contribution in [0.4, 0.5) is 0 Å². The molecule has 0 saturated carbocycles. The fourth-order valence-electron chi connectivity index (χ4n) is 1.52. The smallest absolute Gasteiger partial charge is 0.241 e. The van der Waals surface area contributed by atoms with Crippen molar-refractivity contribution < 1.29 is 13.2 Å². The Labute approximate surface area is 114 Å². The van der Waals surface area contributed by atoms with E-state index in [1.54, 1.807) is 25.1 Å². The summed E-state index contributed by atoms with van der Waals surface area (Å²) in [6.07, 6.45) is 0.802. The van der Waals surface area contributed by atoms with Crippen molar-refractivity contribution in [1.82, 2.24) is 10.0 Å². The SMILES string of the molecule is CCC(C)NC(=O)CNS(=O)(=O)c1ccccc1C. The Kier molecular flexibility index (Phi) is 5.50. The van der Waals surface area contributed by atoms with Gasteiger partial charge in [0.2, 0.25) is 15.9 Å². The fraction of sp³-hybridized carbons (Fsp3) is 0.462. The largest absolute Gasteiger partial charge is 0.353 e. The number of aryl methyl sites for hydroxylation is 1. The molecule has 19 heavy (non-hydrogen) atoms. The molecule has 0 heterocycles. The van der Waals surface area contributed by atoms with Gasteiger partial charge in [0.1, 0.15) is 0 Å². The Morgan fingerprint density at radius 1 is 1.32 bits per heavy atom. The van der Waals surface area contributed by atoms with Gasteiger partial charge in [-0.15, -0.1) is 0 Å². The number of nitrogens with one attached hydrogen (secondary N) is 2. The summed E-state index contributed by atoms with van der Waals surface area (Å²) in [7, 11) is -3.64. The summed E-state index contributed by atoms with van der Waals surface area (Å²) in [5.41, 5.74) is 0.650. The Morgan fingerprint density at radius 3 is 2.53 bits per heavy atom. The van der Waals surface area contributed by atoms with E-state index in [1.807, 2.05) is 13.8 Å². The predicted molar refractivity (Wildman–Crippen MR) is 74.3 cm³/mol. The molecule has 1 atom stereocenters. The van der Waals surface area contributed by atoms with Crippen molar-refractivity contribution in [2.24, 2.45) is 0 Å². The maximum atomic E-state index is 12.0. The Bertz CT molecular complexity index is 541. The van der Waals surface area contributed by atoms with Gasteiger partial charge >= 0.3 is 0 Å². The first-order valence-corrected chi connectivity index (χ1v) is 7.69. The number of hydrogen-bond acceptors (Lipinski definition) is 3. The second-order valence-corrected chi connectivity index (χ2v) is 6.20. The van der Waals surface area contributed by atoms with Gasteiger partial charge in [0, 0.05) is 6.04 Å². The lowest BCUT2D eigenvalue weighted by Gasteiger charge is -2.12. The first-order valence-electron chi connectivity index (χ1n) is 6.21. The molecule has 2 N–H and O–H groups in total. The average Bonchev–Trinajstić information content (AvgIpc) is 2.36. The second kappa shape index (κ2) is 6.68. The maximum absolute atomic E-state index is 12.0. The van der Waals surface area contributed by atoms with Crippen LogP contribution in [0, 0.1) is 6.92 Å². The zero-order valence-corrected chi connectivity index (χ0v) is 12.3. The fourth-order valence-corrected chi connectivity index (χ4v) is 2.75. The minimum Gasteiger partial charge on any atom is -0.353 e. The standard InChI is InChI=1S/C13H20N2O3S/c1-4-11(3)15-13(16)9-14-19(17,18)12-8-6-5-7-10(12)2/h5-8,11,14H,4,9H2,1-3H3,(H,15,16). The summed E-state index contributed by atoms with van der Waals surface area (Å²) < 4.78 is 26.3. The van der Waals surface area contributed by atoms with Crippen LogP contribution in [0.2, 0.25) is 0 Å². The van der Waals surface area contributed by atoms with Crippen LogP contribution in [0.5, 0.6) is 0 Å². The van der Waals surface area contributed by atoms with Gasteiger partial charge in [-0.2, -0.15) is 0 Å². The van der Waals surface area contributed by atoms with Gasteiger partial charge in [-0.25, -0.2) is 13.1 Å². The quantitative estimate of drug-likeness (QED) is 0.824. The Hall–Kier alpha value is -1.40. The van der Waals surface area contributed by atoms with Crippen LogP contribution in [-0.4, -0.2) is 26.9 Å². The molecule has 0 bridgehead atoms. The van der Waals surface area contributed by atoms with Gasteiger partial charge in [-0.05, 0) is 31.9 Å². The molecule has 106 valence electrons. The van der Waals surface area contributed by atoms with E-state index in [-0.39, 0.29) is 23.4 Å². The van der Waals surface area contributed by atoms with Crippen LogP contribution in [0.25, 0.3) is 0 Å². The number of carbonyl (C=O) groups excluding carboxylic acids is 1. The zero-order valence-electron chi connectivity index (χ0n) is 11.4. The number of rotatable bonds is 6. The summed E-state index contributed by atoms with van der Waals surface area (Å²) in [5, 5.41) is 2.70. The molecule has 5 nitrogen and oxygen atoms in total. The first kappa shape index (κ1) is 15.7. The summed E-state index contributed by atoms with van der Waals surface area (Å²) in [6.45, 7) is 5.28. The maximum Gasteiger partial charge on any atom is 0.241 e. The van der Waals surface area contributed by atoms with E-state index in [1.165, 1.54) is 6.07 Å². The summed E-state index contributed by atoms with van der Waals surface area (Å²) in [4.78, 5) is 11.7. The molecule has 0 aliphatic carbocycles. The van der Waals surface area contributed by atoms with Gasteiger partial charge in [-0.3, -0.25) is 4.79 Å². The molecule has 0 aliphatic rings. The highest BCUT2D eigenvalue weighted by Crippen LogP contribution is 2.13. The van der Waals surface area contributed by atoms with Crippen LogP contribution < -0.4 is 10.0 Å². The van der Waals surface area contributed by atoms with Crippen LogP contribution in [0.3, 0.4) is 0 Å². The summed E-state index contributed by atoms with van der Waals surface area (Å²) in [5.74, 6) is -0.327. The number of sulfonamides is 1. The molecule has 0 radical (unpaired) electrons. The number of benzene rings is 1. The van der Waals surface area contributed by atoms with Crippen molar-refractivity contribution in [3.63, 3.8) is 0 Å². The minimum absolute atomic E-state index is 0.0375. The normalized spacial score (nSPS) is 13.0. The highest BCUT2D eigenvalue weighted by molar-refractivity contribution is 7.89. The highest BCUT2D eigenvalue weighted by Gasteiger charge is 2.17. The highest BCUT2D eigenvalue weighted by atomic mass is 32.2. The molecule has 0 saturated heterocycles. The van der Waals surface area contributed by atoms with E-state index >= 15 is 0 Å². The second-order valence-electron chi connectivity index (χ2n) is 4.47. The molecule has 1 rings (SSSR count). The topological polar surface area (TPSA) is 75.3 Å². The molecule has 0 aromatic heterocycles. The zero-order chi connectivity index (χ0) is 14.5. The molecule has 6 heteroatoms. The molecule has 1 amide bonds. The van der Waals surface area contributed by atoms with Gasteiger partial charge in [0.15, 0.2) is 0 Å². The monoisotopic (exact) mass is 284 g/mol. The third-order valence-corrected chi connectivity index (χ3v) is 4.39. The van der Waals surface area contributed by atoms with Gasteiger partial charge in [0.05, 0.1) is 11.4 Å². The molecule has 1 unspecified atom stereocenters. The predicted octanol–water partition coefficient (Wildman–Crippen LogP) is 1.19. The lowest BCUT2D eigenvalue weighted by molar-refractivity contribution is -0.120. The molecule has 1 aromatic carbocycles. The van der Waals surface area contributed by atoms with Crippen LogP contribution >= 0.6 is 0 Å². The van der Waals surface area contributed by atoms with Gasteiger partial charge in [0.25, 0.3) is 0 Å². The third-order valence-electron chi connectivity index (χ3n) is 2.83. The summed E-state index contributed by atoms with van der Waals surface area (Å²) >= 11 is 0. The number of carbonyl (C=O) groups is 1. The molecule has 0 fully saturated rings. The molecule has 1 aromatic rings. The van der Waals surface area contributed by atoms with Crippen molar-refractivity contribution in [2.75, 3.05) is 6.54 Å². The van der Waals surface area contributed by atoms with Crippen LogP contribution in [-0.2, 0) is 14.8 Å². The molecule has 0 spiro atoms. The third kappa shape index (κ3) is 4.65. The van der Waals surface area contributed by atoms with Crippen LogP contribution in [0.1, 0.15) is 25.8 Å². The lowest BCUT2D eigenvalue weighted by Crippen LogP contribution is -2.40. The van der Waals surface area contributed by atoms with Crippen molar-refractivity contribution in [2.45, 2.75) is 38.1 Å². The Morgan fingerprint density at radius 2 is 1.95 bits per heavy atom. The number of hydrogen-bond donors (Lipinski definition) is 2. The molecular weight excluding hydrogens is 264 g/mol. The summed E-state index contributed by atoms with van der Waals surface area (Å²) in [6, 6.07) is 6.69. The molecule has 0 aliphatic heterocycles. The van der Waals surface area contributed by atoms with E-state index in [2.05, 4.69) is 10.0 Å². The van der Waals surface area contributed by atoms with Crippen molar-refractivity contribution >= 4 is 15.9 Å². The van der Waals surface area contributed by atoms with E-state index < -0.39 is 10.0 Å². The van der Waals surface area contributed by atoms with E-state index in [9.17, 15) is 13.2 Å². The van der Waals surface area contributed by atoms with Gasteiger partial charge in [-0.1, -0.05) is 25.1 Å². The van der Waals surface area contributed by atoms with E-state index in [4.69, 9.17) is 0 Å². The van der Waals surface area contributed by atoms with Crippen LogP contribution in [0.15, 0.2) is 29.2 Å². The average molecular weight is 284 g/mol. The van der Waals surface area contributed by atoms with Crippen molar-refractivity contribution in [3.05, 3.63) is 29.8 Å². The Balaban J connectivity index is 2.67. The first-order chi connectivity index (χ1) is 8.86. The minimum atomic E-state index is -3.64. The lowest BCUT2D eigenvalue weighted by atomic mass is 10.2. The van der Waals surface area contributed by atoms with Crippen molar-refractivity contribution in [1.29, 1.82) is 0 Å². The van der Waals surface area contributed by atoms with Crippen molar-refractivity contribution in [3.8, 4) is 0 Å². The molecular formula is C13H20N2O3S. The van der Waals surface area contributed by atoms with E-state index in [0.717, 1.165) is 6.42 Å². The number of amides is 1. The van der Waals surface area contributed by atoms with E-state index in [0.29, 0.717) is 5.56 Å². The van der Waals surface area contributed by atoms with Gasteiger partial charge < -0.3 is 5.32 Å².